The molecule has 0 bridgehead atoms. The van der Waals surface area contributed by atoms with Crippen molar-refractivity contribution >= 4 is 28.1 Å². The molecule has 2 rings (SSSR count). The highest BCUT2D eigenvalue weighted by molar-refractivity contribution is 9.10. The first-order chi connectivity index (χ1) is 12.6. The summed E-state index contributed by atoms with van der Waals surface area (Å²) in [5, 5.41) is 4.01. The van der Waals surface area contributed by atoms with Crippen LogP contribution in [0.3, 0.4) is 0 Å². The van der Waals surface area contributed by atoms with Gasteiger partial charge in [0.25, 0.3) is 5.91 Å². The highest BCUT2D eigenvalue weighted by Crippen LogP contribution is 2.36. The van der Waals surface area contributed by atoms with Crippen LogP contribution in [0.2, 0.25) is 0 Å². The minimum Gasteiger partial charge on any atom is -0.496 e. The molecule has 0 saturated heterocycles. The van der Waals surface area contributed by atoms with Gasteiger partial charge in [0.1, 0.15) is 5.75 Å². The number of para-hydroxylation sites is 1. The van der Waals surface area contributed by atoms with Gasteiger partial charge in [-0.25, -0.2) is 5.43 Å². The molecule has 1 amide bonds. The van der Waals surface area contributed by atoms with Gasteiger partial charge in [-0.05, 0) is 59.6 Å². The summed E-state index contributed by atoms with van der Waals surface area (Å²) in [6.45, 7) is 4.85. The maximum atomic E-state index is 12.2. The Morgan fingerprint density at radius 1 is 1.15 bits per heavy atom. The normalized spacial score (nSPS) is 10.6. The molecule has 0 heterocycles. The maximum Gasteiger partial charge on any atom is 0.275 e. The van der Waals surface area contributed by atoms with E-state index in [1.54, 1.807) is 30.3 Å². The third-order valence-electron chi connectivity index (χ3n) is 3.35. The van der Waals surface area contributed by atoms with Crippen LogP contribution in [-0.4, -0.2) is 32.4 Å². The molecule has 1 N–H and O–H groups in total. The van der Waals surface area contributed by atoms with E-state index >= 15 is 0 Å². The standard InChI is InChI=1S/C19H21BrN2O4/c1-4-25-17-11-13(10-15(20)18(17)26-5-2)12-21-22-19(23)14-8-6-7-9-16(14)24-3/h6-12H,4-5H2,1-3H3,(H,22,23)/b21-12+. The molecule has 0 radical (unpaired) electrons. The lowest BCUT2D eigenvalue weighted by molar-refractivity contribution is 0.0952. The van der Waals surface area contributed by atoms with Crippen LogP contribution in [0.4, 0.5) is 0 Å². The van der Waals surface area contributed by atoms with Gasteiger partial charge in [0, 0.05) is 0 Å². The lowest BCUT2D eigenvalue weighted by atomic mass is 10.2. The van der Waals surface area contributed by atoms with Gasteiger partial charge in [-0.1, -0.05) is 12.1 Å². The molecule has 0 fully saturated rings. The molecule has 26 heavy (non-hydrogen) atoms. The molecule has 6 nitrogen and oxygen atoms in total. The maximum absolute atomic E-state index is 12.2. The van der Waals surface area contributed by atoms with E-state index in [0.29, 0.717) is 36.0 Å². The average molecular weight is 421 g/mol. The summed E-state index contributed by atoms with van der Waals surface area (Å²) in [7, 11) is 1.52. The summed E-state index contributed by atoms with van der Waals surface area (Å²) < 4.78 is 17.1. The van der Waals surface area contributed by atoms with Gasteiger partial charge >= 0.3 is 0 Å². The van der Waals surface area contributed by atoms with E-state index in [1.807, 2.05) is 19.9 Å². The van der Waals surface area contributed by atoms with Crippen molar-refractivity contribution in [2.45, 2.75) is 13.8 Å². The van der Waals surface area contributed by atoms with Gasteiger partial charge in [0.05, 0.1) is 36.6 Å². The molecule has 2 aromatic carbocycles. The van der Waals surface area contributed by atoms with Crippen molar-refractivity contribution in [3.63, 3.8) is 0 Å². The topological polar surface area (TPSA) is 69.2 Å². The lowest BCUT2D eigenvalue weighted by Gasteiger charge is -2.13. The van der Waals surface area contributed by atoms with E-state index < -0.39 is 0 Å². The SMILES string of the molecule is CCOc1cc(/C=N/NC(=O)c2ccccc2OC)cc(Br)c1OCC. The molecule has 0 unspecified atom stereocenters. The number of hydrazone groups is 1. The number of carbonyl (C=O) groups excluding carboxylic acids is 1. The van der Waals surface area contributed by atoms with Crippen LogP contribution < -0.4 is 19.6 Å². The fourth-order valence-electron chi connectivity index (χ4n) is 2.27. The summed E-state index contributed by atoms with van der Waals surface area (Å²) in [6.07, 6.45) is 1.54. The summed E-state index contributed by atoms with van der Waals surface area (Å²) in [5.74, 6) is 1.39. The molecule has 138 valence electrons. The number of ether oxygens (including phenoxy) is 3. The quantitative estimate of drug-likeness (QED) is 0.517. The predicted molar refractivity (Wildman–Crippen MR) is 105 cm³/mol. The molecular formula is C19H21BrN2O4. The highest BCUT2D eigenvalue weighted by Gasteiger charge is 2.12. The fraction of sp³-hybridized carbons (Fsp3) is 0.263. The average Bonchev–Trinajstić information content (AvgIpc) is 2.64. The Kier molecular flexibility index (Phi) is 7.47. The largest absolute Gasteiger partial charge is 0.496 e. The first kappa shape index (κ1) is 19.8. The second-order valence-corrected chi connectivity index (χ2v) is 5.95. The molecule has 0 aliphatic rings. The van der Waals surface area contributed by atoms with E-state index in [9.17, 15) is 4.79 Å². The van der Waals surface area contributed by atoms with Crippen LogP contribution >= 0.6 is 15.9 Å². The van der Waals surface area contributed by atoms with Gasteiger partial charge in [-0.2, -0.15) is 5.10 Å². The van der Waals surface area contributed by atoms with Crippen LogP contribution in [0.25, 0.3) is 0 Å². The minimum atomic E-state index is -0.353. The fourth-order valence-corrected chi connectivity index (χ4v) is 2.84. The monoisotopic (exact) mass is 420 g/mol. The number of nitrogens with one attached hydrogen (secondary N) is 1. The molecule has 0 aromatic heterocycles. The molecule has 0 aliphatic heterocycles. The van der Waals surface area contributed by atoms with Gasteiger partial charge in [0.15, 0.2) is 11.5 Å². The smallest absolute Gasteiger partial charge is 0.275 e. The molecule has 0 atom stereocenters. The van der Waals surface area contributed by atoms with Crippen LogP contribution in [0.15, 0.2) is 46.0 Å². The number of methoxy groups -OCH3 is 1. The van der Waals surface area contributed by atoms with Crippen molar-refractivity contribution in [3.05, 3.63) is 52.0 Å². The second-order valence-electron chi connectivity index (χ2n) is 5.10. The van der Waals surface area contributed by atoms with Crippen molar-refractivity contribution < 1.29 is 19.0 Å². The zero-order valence-corrected chi connectivity index (χ0v) is 16.5. The number of hydrogen-bond acceptors (Lipinski definition) is 5. The van der Waals surface area contributed by atoms with Gasteiger partial charge < -0.3 is 14.2 Å². The second kappa shape index (κ2) is 9.82. The Morgan fingerprint density at radius 3 is 2.58 bits per heavy atom. The summed E-state index contributed by atoms with van der Waals surface area (Å²) in [4.78, 5) is 12.2. The summed E-state index contributed by atoms with van der Waals surface area (Å²) in [5.41, 5.74) is 3.66. The van der Waals surface area contributed by atoms with Gasteiger partial charge in [-0.3, -0.25) is 4.79 Å². The van der Waals surface area contributed by atoms with Crippen molar-refractivity contribution in [2.75, 3.05) is 20.3 Å². The predicted octanol–water partition coefficient (Wildman–Crippen LogP) is 4.02. The minimum absolute atomic E-state index is 0.353. The summed E-state index contributed by atoms with van der Waals surface area (Å²) >= 11 is 3.47. The van der Waals surface area contributed by atoms with E-state index in [0.717, 1.165) is 10.0 Å². The Bertz CT molecular complexity index is 793. The zero-order chi connectivity index (χ0) is 18.9. The van der Waals surface area contributed by atoms with Crippen molar-refractivity contribution in [3.8, 4) is 17.2 Å². The number of hydrogen-bond donors (Lipinski definition) is 1. The first-order valence-corrected chi connectivity index (χ1v) is 8.95. The highest BCUT2D eigenvalue weighted by atomic mass is 79.9. The Morgan fingerprint density at radius 2 is 1.88 bits per heavy atom. The Balaban J connectivity index is 2.16. The number of nitrogens with zero attached hydrogens (tertiary/aromatic N) is 1. The van der Waals surface area contributed by atoms with Crippen LogP contribution in [0.5, 0.6) is 17.2 Å². The molecule has 7 heteroatoms. The number of carbonyl (C=O) groups is 1. The zero-order valence-electron chi connectivity index (χ0n) is 14.9. The number of halogens is 1. The van der Waals surface area contributed by atoms with Crippen molar-refractivity contribution in [1.29, 1.82) is 0 Å². The third-order valence-corrected chi connectivity index (χ3v) is 3.94. The number of rotatable bonds is 8. The van der Waals surface area contributed by atoms with E-state index in [2.05, 4.69) is 26.5 Å². The molecular weight excluding hydrogens is 400 g/mol. The number of amides is 1. The number of benzene rings is 2. The first-order valence-electron chi connectivity index (χ1n) is 8.16. The van der Waals surface area contributed by atoms with E-state index in [1.165, 1.54) is 13.3 Å². The Labute approximate surface area is 161 Å². The molecule has 0 spiro atoms. The van der Waals surface area contributed by atoms with Crippen molar-refractivity contribution in [2.24, 2.45) is 5.10 Å². The van der Waals surface area contributed by atoms with Crippen LogP contribution in [-0.2, 0) is 0 Å². The lowest BCUT2D eigenvalue weighted by Crippen LogP contribution is -2.18. The molecule has 2 aromatic rings. The van der Waals surface area contributed by atoms with E-state index in [4.69, 9.17) is 14.2 Å². The van der Waals surface area contributed by atoms with Crippen molar-refractivity contribution in [1.82, 2.24) is 5.43 Å². The summed E-state index contributed by atoms with van der Waals surface area (Å²) in [6, 6.07) is 10.6. The van der Waals surface area contributed by atoms with Crippen LogP contribution in [0.1, 0.15) is 29.8 Å². The third kappa shape index (κ3) is 4.98. The van der Waals surface area contributed by atoms with Gasteiger partial charge in [0.2, 0.25) is 0 Å². The van der Waals surface area contributed by atoms with Crippen LogP contribution in [0, 0.1) is 0 Å². The molecule has 0 aliphatic carbocycles. The van der Waals surface area contributed by atoms with E-state index in [-0.39, 0.29) is 5.91 Å². The molecule has 0 saturated carbocycles. The Hall–Kier alpha value is -2.54. The van der Waals surface area contributed by atoms with Gasteiger partial charge in [-0.15, -0.1) is 0 Å².